The zero-order valence-corrected chi connectivity index (χ0v) is 11.1. The third-order valence-corrected chi connectivity index (χ3v) is 3.20. The maximum absolute atomic E-state index is 5.69. The summed E-state index contributed by atoms with van der Waals surface area (Å²) in [6, 6.07) is 0. The van der Waals surface area contributed by atoms with Crippen molar-refractivity contribution in [2.75, 3.05) is 24.7 Å². The average Bonchev–Trinajstić information content (AvgIpc) is 2.75. The molecule has 0 aliphatic carbocycles. The number of ether oxygens (including phenoxy) is 1. The number of hydrogen-bond donors (Lipinski definition) is 2. The summed E-state index contributed by atoms with van der Waals surface area (Å²) in [5.74, 6) is 1.42. The molecule has 2 rings (SSSR count). The highest BCUT2D eigenvalue weighted by atomic mass is 32.1. The molecule has 2 aromatic heterocycles. The molecule has 0 unspecified atom stereocenters. The first kappa shape index (κ1) is 12.6. The van der Waals surface area contributed by atoms with Gasteiger partial charge >= 0.3 is 0 Å². The summed E-state index contributed by atoms with van der Waals surface area (Å²) in [5, 5.41) is 6.31. The van der Waals surface area contributed by atoms with Gasteiger partial charge in [-0.3, -0.25) is 0 Å². The maximum atomic E-state index is 5.69. The molecule has 3 N–H and O–H groups in total. The van der Waals surface area contributed by atoms with Crippen molar-refractivity contribution in [2.24, 2.45) is 0 Å². The lowest BCUT2D eigenvalue weighted by Crippen LogP contribution is -2.09. The highest BCUT2D eigenvalue weighted by Gasteiger charge is 2.08. The first-order valence-corrected chi connectivity index (χ1v) is 6.38. The van der Waals surface area contributed by atoms with Gasteiger partial charge in [0.1, 0.15) is 6.33 Å². The summed E-state index contributed by atoms with van der Waals surface area (Å²) in [7, 11) is 1.55. The number of thiazole rings is 1. The molecule has 2 heterocycles. The van der Waals surface area contributed by atoms with Gasteiger partial charge in [-0.2, -0.15) is 0 Å². The first-order valence-electron chi connectivity index (χ1n) is 5.50. The summed E-state index contributed by atoms with van der Waals surface area (Å²) in [6.07, 6.45) is 2.24. The molecule has 0 saturated carbocycles. The van der Waals surface area contributed by atoms with E-state index in [0.717, 1.165) is 23.7 Å². The van der Waals surface area contributed by atoms with Gasteiger partial charge in [-0.1, -0.05) is 0 Å². The molecule has 0 fully saturated rings. The Kier molecular flexibility index (Phi) is 3.93. The van der Waals surface area contributed by atoms with Gasteiger partial charge in [0, 0.05) is 18.3 Å². The summed E-state index contributed by atoms with van der Waals surface area (Å²) in [4.78, 5) is 12.4. The van der Waals surface area contributed by atoms with Gasteiger partial charge in [-0.25, -0.2) is 15.0 Å². The van der Waals surface area contributed by atoms with E-state index >= 15 is 0 Å². The summed E-state index contributed by atoms with van der Waals surface area (Å²) in [5.41, 5.74) is 6.77. The van der Waals surface area contributed by atoms with Crippen LogP contribution >= 0.6 is 11.3 Å². The second-order valence-corrected chi connectivity index (χ2v) is 4.74. The quantitative estimate of drug-likeness (QED) is 0.851. The van der Waals surface area contributed by atoms with E-state index in [1.807, 2.05) is 6.92 Å². The number of nitrogens with one attached hydrogen (secondary N) is 1. The fourth-order valence-electron chi connectivity index (χ4n) is 1.55. The second kappa shape index (κ2) is 5.63. The first-order chi connectivity index (χ1) is 8.70. The molecule has 96 valence electrons. The molecule has 0 aromatic carbocycles. The molecule has 7 heteroatoms. The van der Waals surface area contributed by atoms with Crippen molar-refractivity contribution in [1.29, 1.82) is 0 Å². The Labute approximate surface area is 109 Å². The maximum Gasteiger partial charge on any atom is 0.203 e. The number of nitrogens with two attached hydrogens (primary N) is 1. The molecule has 0 radical (unpaired) electrons. The summed E-state index contributed by atoms with van der Waals surface area (Å²) in [6.45, 7) is 2.71. The standard InChI is InChI=1S/C11H15N5OS/c1-7-16-8(5-18-7)3-4-13-11-9(17-2)10(12)14-6-15-11/h5-6H,3-4H2,1-2H3,(H3,12,13,14,15). The summed E-state index contributed by atoms with van der Waals surface area (Å²) >= 11 is 1.65. The van der Waals surface area contributed by atoms with Gasteiger partial charge < -0.3 is 15.8 Å². The molecular weight excluding hydrogens is 250 g/mol. The van der Waals surface area contributed by atoms with Gasteiger partial charge in [-0.05, 0) is 6.92 Å². The number of anilines is 2. The monoisotopic (exact) mass is 265 g/mol. The largest absolute Gasteiger partial charge is 0.490 e. The van der Waals surface area contributed by atoms with Crippen LogP contribution in [0.25, 0.3) is 0 Å². The molecular formula is C11H15N5OS. The molecule has 2 aromatic rings. The number of nitrogens with zero attached hydrogens (tertiary/aromatic N) is 3. The number of rotatable bonds is 5. The molecule has 0 saturated heterocycles. The normalized spacial score (nSPS) is 10.3. The third kappa shape index (κ3) is 2.86. The minimum Gasteiger partial charge on any atom is -0.490 e. The van der Waals surface area contributed by atoms with Gasteiger partial charge in [0.15, 0.2) is 11.6 Å². The molecule has 18 heavy (non-hydrogen) atoms. The van der Waals surface area contributed by atoms with Gasteiger partial charge in [0.25, 0.3) is 0 Å². The van der Waals surface area contributed by atoms with E-state index in [1.165, 1.54) is 6.33 Å². The average molecular weight is 265 g/mol. The SMILES string of the molecule is COc1c(N)ncnc1NCCc1csc(C)n1. The van der Waals surface area contributed by atoms with Crippen LogP contribution in [0.1, 0.15) is 10.7 Å². The smallest absolute Gasteiger partial charge is 0.203 e. The lowest BCUT2D eigenvalue weighted by molar-refractivity contribution is 0.415. The number of aromatic nitrogens is 3. The Morgan fingerprint density at radius 1 is 1.44 bits per heavy atom. The Morgan fingerprint density at radius 3 is 2.94 bits per heavy atom. The van der Waals surface area contributed by atoms with E-state index in [1.54, 1.807) is 18.4 Å². The van der Waals surface area contributed by atoms with E-state index in [0.29, 0.717) is 17.4 Å². The topological polar surface area (TPSA) is 86.0 Å². The van der Waals surface area contributed by atoms with Crippen molar-refractivity contribution in [3.05, 3.63) is 22.4 Å². The van der Waals surface area contributed by atoms with Crippen LogP contribution in [-0.2, 0) is 6.42 Å². The number of nitrogen functional groups attached to an aromatic ring is 1. The summed E-state index contributed by atoms with van der Waals surface area (Å²) < 4.78 is 5.16. The molecule has 0 atom stereocenters. The molecule has 0 amide bonds. The second-order valence-electron chi connectivity index (χ2n) is 3.68. The van der Waals surface area contributed by atoms with Crippen molar-refractivity contribution < 1.29 is 4.74 Å². The predicted octanol–water partition coefficient (Wildman–Crippen LogP) is 1.49. The Balaban J connectivity index is 1.96. The van der Waals surface area contributed by atoms with Crippen molar-refractivity contribution in [3.8, 4) is 5.75 Å². The third-order valence-electron chi connectivity index (χ3n) is 2.38. The van der Waals surface area contributed by atoms with Crippen LogP contribution in [0.5, 0.6) is 5.75 Å². The molecule has 0 aliphatic heterocycles. The highest BCUT2D eigenvalue weighted by Crippen LogP contribution is 2.25. The van der Waals surface area contributed by atoms with Gasteiger partial charge in [-0.15, -0.1) is 11.3 Å². The zero-order chi connectivity index (χ0) is 13.0. The minimum absolute atomic E-state index is 0.333. The van der Waals surface area contributed by atoms with E-state index in [2.05, 4.69) is 25.6 Å². The fourth-order valence-corrected chi connectivity index (χ4v) is 2.19. The Bertz CT molecular complexity index is 528. The van der Waals surface area contributed by atoms with E-state index < -0.39 is 0 Å². The van der Waals surface area contributed by atoms with Crippen molar-refractivity contribution in [1.82, 2.24) is 15.0 Å². The Morgan fingerprint density at radius 2 is 2.28 bits per heavy atom. The van der Waals surface area contributed by atoms with Crippen molar-refractivity contribution in [3.63, 3.8) is 0 Å². The Hall–Kier alpha value is -1.89. The number of methoxy groups -OCH3 is 1. The van der Waals surface area contributed by atoms with E-state index in [9.17, 15) is 0 Å². The van der Waals surface area contributed by atoms with Crippen LogP contribution in [0.2, 0.25) is 0 Å². The fraction of sp³-hybridized carbons (Fsp3) is 0.364. The van der Waals surface area contributed by atoms with Gasteiger partial charge in [0.05, 0.1) is 17.8 Å². The molecule has 0 bridgehead atoms. The van der Waals surface area contributed by atoms with E-state index in [4.69, 9.17) is 10.5 Å². The van der Waals surface area contributed by atoms with Crippen LogP contribution in [0, 0.1) is 6.92 Å². The lowest BCUT2D eigenvalue weighted by atomic mass is 10.3. The van der Waals surface area contributed by atoms with Crippen molar-refractivity contribution in [2.45, 2.75) is 13.3 Å². The molecule has 6 nitrogen and oxygen atoms in total. The number of aryl methyl sites for hydroxylation is 1. The van der Waals surface area contributed by atoms with Crippen LogP contribution in [0.3, 0.4) is 0 Å². The highest BCUT2D eigenvalue weighted by molar-refractivity contribution is 7.09. The van der Waals surface area contributed by atoms with Crippen LogP contribution < -0.4 is 15.8 Å². The van der Waals surface area contributed by atoms with Crippen LogP contribution in [0.15, 0.2) is 11.7 Å². The lowest BCUT2D eigenvalue weighted by Gasteiger charge is -2.10. The van der Waals surface area contributed by atoms with Crippen LogP contribution in [0.4, 0.5) is 11.6 Å². The number of hydrogen-bond acceptors (Lipinski definition) is 7. The predicted molar refractivity (Wildman–Crippen MR) is 72.0 cm³/mol. The molecule has 0 spiro atoms. The minimum atomic E-state index is 0.333. The van der Waals surface area contributed by atoms with E-state index in [-0.39, 0.29) is 0 Å². The van der Waals surface area contributed by atoms with Crippen LogP contribution in [-0.4, -0.2) is 28.6 Å². The van der Waals surface area contributed by atoms with Gasteiger partial charge in [0.2, 0.25) is 5.75 Å². The zero-order valence-electron chi connectivity index (χ0n) is 10.3. The molecule has 0 aliphatic rings. The van der Waals surface area contributed by atoms with Crippen molar-refractivity contribution >= 4 is 23.0 Å².